The van der Waals surface area contributed by atoms with Gasteiger partial charge in [-0.25, -0.2) is 0 Å². The maximum Gasteiger partial charge on any atom is 0.288 e. The van der Waals surface area contributed by atoms with Gasteiger partial charge in [-0.2, -0.15) is 0 Å². The van der Waals surface area contributed by atoms with E-state index in [1.807, 2.05) is 0 Å². The van der Waals surface area contributed by atoms with E-state index in [2.05, 4.69) is 13.8 Å². The molecule has 2 rings (SSSR count). The first-order chi connectivity index (χ1) is 8.97. The van der Waals surface area contributed by atoms with E-state index < -0.39 is 4.92 Å². The predicted molar refractivity (Wildman–Crippen MR) is 74.7 cm³/mol. The van der Waals surface area contributed by atoms with Crippen LogP contribution in [0, 0.1) is 22.0 Å². The van der Waals surface area contributed by atoms with E-state index in [4.69, 9.17) is 16.3 Å². The highest BCUT2D eigenvalue weighted by atomic mass is 35.5. The van der Waals surface area contributed by atoms with Crippen molar-refractivity contribution >= 4 is 17.3 Å². The Bertz CT molecular complexity index is 478. The number of nitrogens with zero attached hydrogens (tertiary/aromatic N) is 1. The second-order valence-electron chi connectivity index (χ2n) is 5.38. The topological polar surface area (TPSA) is 52.4 Å². The van der Waals surface area contributed by atoms with E-state index in [0.29, 0.717) is 11.7 Å². The molecule has 5 heteroatoms. The van der Waals surface area contributed by atoms with Crippen molar-refractivity contribution in [2.24, 2.45) is 11.8 Å². The summed E-state index contributed by atoms with van der Waals surface area (Å²) >= 11 is 5.87. The zero-order valence-electron chi connectivity index (χ0n) is 11.1. The molecule has 1 saturated carbocycles. The molecule has 4 nitrogen and oxygen atoms in total. The Balaban J connectivity index is 2.04. The van der Waals surface area contributed by atoms with Crippen molar-refractivity contribution in [1.29, 1.82) is 0 Å². The van der Waals surface area contributed by atoms with E-state index in [9.17, 15) is 10.1 Å². The maximum atomic E-state index is 10.7. The molecule has 1 aromatic rings. The Morgan fingerprint density at radius 1 is 1.32 bits per heavy atom. The number of ether oxygens (including phenoxy) is 1. The van der Waals surface area contributed by atoms with E-state index in [1.165, 1.54) is 12.1 Å². The SMILES string of the molecule is CC1CCC(Oc2ccc([N+](=O)[O-])c(Cl)c2)CC1C. The van der Waals surface area contributed by atoms with Gasteiger partial charge in [-0.3, -0.25) is 10.1 Å². The van der Waals surface area contributed by atoms with Crippen molar-refractivity contribution < 1.29 is 9.66 Å². The molecular weight excluding hydrogens is 266 g/mol. The molecule has 104 valence electrons. The monoisotopic (exact) mass is 283 g/mol. The Hall–Kier alpha value is -1.29. The number of nitro benzene ring substituents is 1. The molecule has 19 heavy (non-hydrogen) atoms. The van der Waals surface area contributed by atoms with Crippen LogP contribution >= 0.6 is 11.6 Å². The summed E-state index contributed by atoms with van der Waals surface area (Å²) in [5, 5.41) is 10.8. The van der Waals surface area contributed by atoms with Crippen LogP contribution in [0.5, 0.6) is 5.75 Å². The van der Waals surface area contributed by atoms with Gasteiger partial charge in [0, 0.05) is 12.1 Å². The number of hydrogen-bond acceptors (Lipinski definition) is 3. The summed E-state index contributed by atoms with van der Waals surface area (Å²) in [6.07, 6.45) is 3.39. The highest BCUT2D eigenvalue weighted by molar-refractivity contribution is 6.32. The fraction of sp³-hybridized carbons (Fsp3) is 0.571. The number of halogens is 1. The molecule has 0 bridgehead atoms. The fourth-order valence-corrected chi connectivity index (χ4v) is 2.75. The minimum Gasteiger partial charge on any atom is -0.490 e. The highest BCUT2D eigenvalue weighted by Gasteiger charge is 2.26. The van der Waals surface area contributed by atoms with Crippen LogP contribution in [0.25, 0.3) is 0 Å². The first-order valence-corrected chi connectivity index (χ1v) is 6.95. The van der Waals surface area contributed by atoms with Crippen LogP contribution in [0.15, 0.2) is 18.2 Å². The van der Waals surface area contributed by atoms with Crippen LogP contribution in [0.2, 0.25) is 5.02 Å². The molecule has 0 heterocycles. The van der Waals surface area contributed by atoms with E-state index in [1.54, 1.807) is 6.07 Å². The normalized spacial score (nSPS) is 27.0. The minimum atomic E-state index is -0.490. The molecular formula is C14H18ClNO3. The zero-order chi connectivity index (χ0) is 14.0. The van der Waals surface area contributed by atoms with Crippen LogP contribution in [0.3, 0.4) is 0 Å². The average molecular weight is 284 g/mol. The summed E-state index contributed by atoms with van der Waals surface area (Å²) in [6, 6.07) is 4.54. The van der Waals surface area contributed by atoms with Gasteiger partial charge in [0.15, 0.2) is 0 Å². The lowest BCUT2D eigenvalue weighted by Gasteiger charge is -2.32. The number of hydrogen-bond donors (Lipinski definition) is 0. The number of rotatable bonds is 3. The van der Waals surface area contributed by atoms with Gasteiger partial charge in [0.25, 0.3) is 5.69 Å². The first kappa shape index (κ1) is 14.1. The van der Waals surface area contributed by atoms with E-state index >= 15 is 0 Å². The molecule has 0 aliphatic heterocycles. The second kappa shape index (κ2) is 5.78. The van der Waals surface area contributed by atoms with Crippen molar-refractivity contribution in [3.63, 3.8) is 0 Å². The van der Waals surface area contributed by atoms with Crippen LogP contribution in [0.4, 0.5) is 5.69 Å². The standard InChI is InChI=1S/C14H18ClNO3/c1-9-3-4-11(7-10(9)2)19-12-5-6-14(16(17)18)13(15)8-12/h5-6,8-11H,3-4,7H2,1-2H3. The lowest BCUT2D eigenvalue weighted by Crippen LogP contribution is -2.28. The zero-order valence-corrected chi connectivity index (χ0v) is 11.9. The third-order valence-electron chi connectivity index (χ3n) is 3.97. The number of nitro groups is 1. The summed E-state index contributed by atoms with van der Waals surface area (Å²) in [4.78, 5) is 10.2. The molecule has 0 radical (unpaired) electrons. The van der Waals surface area contributed by atoms with Gasteiger partial charge < -0.3 is 4.74 Å². The number of benzene rings is 1. The van der Waals surface area contributed by atoms with Crippen molar-refractivity contribution in [2.45, 2.75) is 39.2 Å². The molecule has 0 amide bonds. The molecule has 1 aliphatic rings. The average Bonchev–Trinajstić information content (AvgIpc) is 2.33. The molecule has 0 saturated heterocycles. The molecule has 1 fully saturated rings. The molecule has 1 aliphatic carbocycles. The van der Waals surface area contributed by atoms with Gasteiger partial charge in [0.2, 0.25) is 0 Å². The first-order valence-electron chi connectivity index (χ1n) is 6.58. The fourth-order valence-electron chi connectivity index (χ4n) is 2.51. The largest absolute Gasteiger partial charge is 0.490 e. The third kappa shape index (κ3) is 3.38. The van der Waals surface area contributed by atoms with Gasteiger partial charge in [-0.15, -0.1) is 0 Å². The van der Waals surface area contributed by atoms with Crippen molar-refractivity contribution in [3.05, 3.63) is 33.3 Å². The van der Waals surface area contributed by atoms with Gasteiger partial charge in [-0.1, -0.05) is 25.4 Å². The summed E-state index contributed by atoms with van der Waals surface area (Å²) in [5.74, 6) is 2.00. The van der Waals surface area contributed by atoms with Crippen molar-refractivity contribution in [3.8, 4) is 5.75 Å². The Labute approximate surface area is 117 Å². The predicted octanol–water partition coefficient (Wildman–Crippen LogP) is 4.45. The smallest absolute Gasteiger partial charge is 0.288 e. The van der Waals surface area contributed by atoms with Crippen molar-refractivity contribution in [2.75, 3.05) is 0 Å². The van der Waals surface area contributed by atoms with Gasteiger partial charge >= 0.3 is 0 Å². The Morgan fingerprint density at radius 2 is 2.05 bits per heavy atom. The lowest BCUT2D eigenvalue weighted by molar-refractivity contribution is -0.384. The highest BCUT2D eigenvalue weighted by Crippen LogP contribution is 2.34. The molecule has 0 spiro atoms. The summed E-state index contributed by atoms with van der Waals surface area (Å²) in [7, 11) is 0. The summed E-state index contributed by atoms with van der Waals surface area (Å²) in [6.45, 7) is 4.51. The molecule has 3 atom stereocenters. The second-order valence-corrected chi connectivity index (χ2v) is 5.79. The van der Waals surface area contributed by atoms with Gasteiger partial charge in [0.1, 0.15) is 10.8 Å². The van der Waals surface area contributed by atoms with Crippen LogP contribution < -0.4 is 4.74 Å². The van der Waals surface area contributed by atoms with Crippen LogP contribution in [-0.2, 0) is 0 Å². The Kier molecular flexibility index (Phi) is 4.30. The molecule has 1 aromatic carbocycles. The molecule has 0 aromatic heterocycles. The van der Waals surface area contributed by atoms with Crippen LogP contribution in [-0.4, -0.2) is 11.0 Å². The van der Waals surface area contributed by atoms with Gasteiger partial charge in [0.05, 0.1) is 11.0 Å². The molecule has 3 unspecified atom stereocenters. The maximum absolute atomic E-state index is 10.7. The van der Waals surface area contributed by atoms with E-state index in [-0.39, 0.29) is 16.8 Å². The Morgan fingerprint density at radius 3 is 2.63 bits per heavy atom. The summed E-state index contributed by atoms with van der Waals surface area (Å²) < 4.78 is 5.88. The minimum absolute atomic E-state index is 0.0837. The molecule has 0 N–H and O–H groups in total. The third-order valence-corrected chi connectivity index (χ3v) is 4.27. The van der Waals surface area contributed by atoms with Gasteiger partial charge in [-0.05, 0) is 37.2 Å². The summed E-state index contributed by atoms with van der Waals surface area (Å²) in [5.41, 5.74) is -0.0837. The van der Waals surface area contributed by atoms with Crippen LogP contribution in [0.1, 0.15) is 33.1 Å². The lowest BCUT2D eigenvalue weighted by atomic mass is 9.80. The quantitative estimate of drug-likeness (QED) is 0.608. The van der Waals surface area contributed by atoms with E-state index in [0.717, 1.165) is 25.2 Å². The van der Waals surface area contributed by atoms with Crippen molar-refractivity contribution in [1.82, 2.24) is 0 Å².